The standard InChI is InChI=1S/C10H12N6O2/c1-6(8-5-16(2)15-14-8)13-9-4-11-7(3-12-9)10(17)18/h3-6H,1-2H3,(H,12,13)(H,17,18). The highest BCUT2D eigenvalue weighted by Gasteiger charge is 2.11. The quantitative estimate of drug-likeness (QED) is 0.810. The van der Waals surface area contributed by atoms with Crippen LogP contribution in [0.5, 0.6) is 0 Å². The van der Waals surface area contributed by atoms with Crippen LogP contribution in [0.3, 0.4) is 0 Å². The van der Waals surface area contributed by atoms with Gasteiger partial charge in [0.1, 0.15) is 11.5 Å². The molecule has 0 aromatic carbocycles. The van der Waals surface area contributed by atoms with Crippen molar-refractivity contribution in [3.05, 3.63) is 30.0 Å². The Hall–Kier alpha value is -2.51. The number of aromatic carboxylic acids is 1. The van der Waals surface area contributed by atoms with Gasteiger partial charge in [0.25, 0.3) is 0 Å². The summed E-state index contributed by atoms with van der Waals surface area (Å²) in [4.78, 5) is 18.3. The van der Waals surface area contributed by atoms with E-state index in [1.54, 1.807) is 17.9 Å². The molecular formula is C10H12N6O2. The molecule has 0 spiro atoms. The van der Waals surface area contributed by atoms with Crippen molar-refractivity contribution >= 4 is 11.8 Å². The maximum atomic E-state index is 10.6. The molecule has 0 amide bonds. The number of hydrogen-bond acceptors (Lipinski definition) is 6. The maximum Gasteiger partial charge on any atom is 0.356 e. The zero-order valence-electron chi connectivity index (χ0n) is 9.90. The van der Waals surface area contributed by atoms with Crippen molar-refractivity contribution in [2.45, 2.75) is 13.0 Å². The monoisotopic (exact) mass is 248 g/mol. The van der Waals surface area contributed by atoms with Gasteiger partial charge >= 0.3 is 5.97 Å². The number of hydrogen-bond donors (Lipinski definition) is 2. The van der Waals surface area contributed by atoms with E-state index in [4.69, 9.17) is 5.11 Å². The van der Waals surface area contributed by atoms with Crippen LogP contribution >= 0.6 is 0 Å². The van der Waals surface area contributed by atoms with Gasteiger partial charge in [0.15, 0.2) is 5.69 Å². The van der Waals surface area contributed by atoms with Crippen LogP contribution in [0.2, 0.25) is 0 Å². The van der Waals surface area contributed by atoms with E-state index in [2.05, 4.69) is 25.6 Å². The molecular weight excluding hydrogens is 236 g/mol. The molecule has 1 unspecified atom stereocenters. The molecule has 0 aliphatic rings. The lowest BCUT2D eigenvalue weighted by molar-refractivity contribution is 0.0690. The molecule has 8 nitrogen and oxygen atoms in total. The third-order valence-corrected chi connectivity index (χ3v) is 2.30. The number of aromatic nitrogens is 5. The molecule has 0 radical (unpaired) electrons. The summed E-state index contributed by atoms with van der Waals surface area (Å²) in [5.41, 5.74) is 0.675. The summed E-state index contributed by atoms with van der Waals surface area (Å²) >= 11 is 0. The fourth-order valence-corrected chi connectivity index (χ4v) is 1.37. The molecule has 2 N–H and O–H groups in total. The number of nitrogens with zero attached hydrogens (tertiary/aromatic N) is 5. The summed E-state index contributed by atoms with van der Waals surface area (Å²) in [6, 6.07) is -0.0938. The van der Waals surface area contributed by atoms with Crippen LogP contribution in [0.1, 0.15) is 29.1 Å². The third-order valence-electron chi connectivity index (χ3n) is 2.30. The Morgan fingerprint density at radius 1 is 1.44 bits per heavy atom. The number of carboxylic acid groups (broad SMARTS) is 1. The smallest absolute Gasteiger partial charge is 0.356 e. The van der Waals surface area contributed by atoms with Crippen LogP contribution in [-0.2, 0) is 7.05 Å². The lowest BCUT2D eigenvalue weighted by Gasteiger charge is -2.10. The second kappa shape index (κ2) is 4.78. The SMILES string of the molecule is CC(Nc1cnc(C(=O)O)cn1)c1cn(C)nn1. The number of rotatable bonds is 4. The van der Waals surface area contributed by atoms with Gasteiger partial charge in [0.2, 0.25) is 0 Å². The maximum absolute atomic E-state index is 10.6. The molecule has 2 heterocycles. The molecule has 2 rings (SSSR count). The van der Waals surface area contributed by atoms with Crippen molar-refractivity contribution in [3.63, 3.8) is 0 Å². The lowest BCUT2D eigenvalue weighted by Crippen LogP contribution is -2.10. The van der Waals surface area contributed by atoms with Crippen molar-refractivity contribution in [1.82, 2.24) is 25.0 Å². The molecule has 94 valence electrons. The first-order valence-electron chi connectivity index (χ1n) is 5.24. The Morgan fingerprint density at radius 2 is 2.22 bits per heavy atom. The molecule has 0 saturated heterocycles. The second-order valence-corrected chi connectivity index (χ2v) is 3.78. The molecule has 0 bridgehead atoms. The van der Waals surface area contributed by atoms with Gasteiger partial charge in [-0.05, 0) is 6.92 Å². The summed E-state index contributed by atoms with van der Waals surface area (Å²) in [6.07, 6.45) is 4.36. The minimum absolute atomic E-state index is 0.0901. The Morgan fingerprint density at radius 3 is 2.72 bits per heavy atom. The predicted molar refractivity (Wildman–Crippen MR) is 62.0 cm³/mol. The van der Waals surface area contributed by atoms with Crippen LogP contribution in [-0.4, -0.2) is 36.0 Å². The number of aryl methyl sites for hydroxylation is 1. The normalized spacial score (nSPS) is 12.1. The van der Waals surface area contributed by atoms with Crippen LogP contribution in [0.4, 0.5) is 5.82 Å². The molecule has 2 aromatic heterocycles. The molecule has 0 aliphatic carbocycles. The van der Waals surface area contributed by atoms with Gasteiger partial charge in [-0.3, -0.25) is 4.68 Å². The van der Waals surface area contributed by atoms with Gasteiger partial charge in [0.05, 0.1) is 24.6 Å². The highest BCUT2D eigenvalue weighted by atomic mass is 16.4. The molecule has 1 atom stereocenters. The lowest BCUT2D eigenvalue weighted by atomic mass is 10.2. The summed E-state index contributed by atoms with van der Waals surface area (Å²) in [6.45, 7) is 1.90. The Labute approximate surface area is 103 Å². The van der Waals surface area contributed by atoms with Crippen LogP contribution in [0.25, 0.3) is 0 Å². The third kappa shape index (κ3) is 2.59. The molecule has 0 fully saturated rings. The van der Waals surface area contributed by atoms with Crippen molar-refractivity contribution in [1.29, 1.82) is 0 Å². The first kappa shape index (κ1) is 12.0. The summed E-state index contributed by atoms with van der Waals surface area (Å²) in [5.74, 6) is -0.617. The van der Waals surface area contributed by atoms with Gasteiger partial charge in [-0.2, -0.15) is 0 Å². The minimum Gasteiger partial charge on any atom is -0.476 e. The molecule has 0 aliphatic heterocycles. The van der Waals surface area contributed by atoms with E-state index >= 15 is 0 Å². The van der Waals surface area contributed by atoms with Crippen molar-refractivity contribution < 1.29 is 9.90 Å². The van der Waals surface area contributed by atoms with Crippen molar-refractivity contribution in [3.8, 4) is 0 Å². The van der Waals surface area contributed by atoms with Gasteiger partial charge in [-0.1, -0.05) is 5.21 Å². The predicted octanol–water partition coefficient (Wildman–Crippen LogP) is 0.476. The summed E-state index contributed by atoms with van der Waals surface area (Å²) in [7, 11) is 1.78. The fraction of sp³-hybridized carbons (Fsp3) is 0.300. The summed E-state index contributed by atoms with van der Waals surface area (Å²) < 4.78 is 1.60. The van der Waals surface area contributed by atoms with Crippen molar-refractivity contribution in [2.75, 3.05) is 5.32 Å². The minimum atomic E-state index is -1.10. The largest absolute Gasteiger partial charge is 0.476 e. The van der Waals surface area contributed by atoms with E-state index in [0.29, 0.717) is 5.82 Å². The summed E-state index contributed by atoms with van der Waals surface area (Å²) in [5, 5.41) is 19.5. The fourth-order valence-electron chi connectivity index (χ4n) is 1.37. The number of carbonyl (C=O) groups is 1. The Balaban J connectivity index is 2.07. The van der Waals surface area contributed by atoms with Crippen LogP contribution in [0, 0.1) is 0 Å². The van der Waals surface area contributed by atoms with Crippen LogP contribution < -0.4 is 5.32 Å². The number of carboxylic acids is 1. The second-order valence-electron chi connectivity index (χ2n) is 3.78. The highest BCUT2D eigenvalue weighted by Crippen LogP contribution is 2.14. The number of nitrogens with one attached hydrogen (secondary N) is 1. The van der Waals surface area contributed by atoms with Crippen molar-refractivity contribution in [2.24, 2.45) is 7.05 Å². The Kier molecular flexibility index (Phi) is 3.18. The van der Waals surface area contributed by atoms with E-state index < -0.39 is 5.97 Å². The number of anilines is 1. The van der Waals surface area contributed by atoms with Gasteiger partial charge in [-0.25, -0.2) is 14.8 Å². The highest BCUT2D eigenvalue weighted by molar-refractivity contribution is 5.84. The molecule has 0 saturated carbocycles. The van der Waals surface area contributed by atoms with E-state index in [9.17, 15) is 4.79 Å². The van der Waals surface area contributed by atoms with Crippen LogP contribution in [0.15, 0.2) is 18.6 Å². The van der Waals surface area contributed by atoms with Gasteiger partial charge in [0, 0.05) is 7.05 Å². The van der Waals surface area contributed by atoms with E-state index in [1.807, 2.05) is 6.92 Å². The van der Waals surface area contributed by atoms with E-state index in [-0.39, 0.29) is 11.7 Å². The van der Waals surface area contributed by atoms with Gasteiger partial charge < -0.3 is 10.4 Å². The molecule has 18 heavy (non-hydrogen) atoms. The van der Waals surface area contributed by atoms with Gasteiger partial charge in [-0.15, -0.1) is 5.10 Å². The molecule has 2 aromatic rings. The average Bonchev–Trinajstić information content (AvgIpc) is 2.76. The molecule has 8 heteroatoms. The van der Waals surface area contributed by atoms with E-state index in [0.717, 1.165) is 5.69 Å². The first-order valence-corrected chi connectivity index (χ1v) is 5.24. The zero-order chi connectivity index (χ0) is 13.1. The average molecular weight is 248 g/mol. The topological polar surface area (TPSA) is 106 Å². The first-order chi connectivity index (χ1) is 8.56. The zero-order valence-corrected chi connectivity index (χ0v) is 9.90. The van der Waals surface area contributed by atoms with E-state index in [1.165, 1.54) is 12.4 Å². The Bertz CT molecular complexity index is 550.